The predicted molar refractivity (Wildman–Crippen MR) is 72.0 cm³/mol. The van der Waals surface area contributed by atoms with Crippen LogP contribution in [0.1, 0.15) is 17.4 Å². The summed E-state index contributed by atoms with van der Waals surface area (Å²) in [7, 11) is -7.20. The van der Waals surface area contributed by atoms with Crippen LogP contribution in [0, 0.1) is 0 Å². The first kappa shape index (κ1) is 16.7. The largest absolute Gasteiger partial charge is 0.477 e. The van der Waals surface area contributed by atoms with Gasteiger partial charge in [-0.2, -0.15) is 0 Å². The van der Waals surface area contributed by atoms with Crippen LogP contribution in [0.5, 0.6) is 0 Å². The molecule has 0 amide bonds. The molecular formula is C10H16N2O6S2. The van der Waals surface area contributed by atoms with Gasteiger partial charge >= 0.3 is 5.97 Å². The minimum absolute atomic E-state index is 0.143. The van der Waals surface area contributed by atoms with Gasteiger partial charge < -0.3 is 9.67 Å². The second-order valence-corrected chi connectivity index (χ2v) is 8.21. The fourth-order valence-electron chi connectivity index (χ4n) is 1.52. The van der Waals surface area contributed by atoms with E-state index in [0.29, 0.717) is 6.54 Å². The molecule has 0 radical (unpaired) electrons. The fourth-order valence-corrected chi connectivity index (χ4v) is 3.19. The number of carbonyl (C=O) groups is 1. The summed E-state index contributed by atoms with van der Waals surface area (Å²) < 4.78 is 49.1. The predicted octanol–water partition coefficient (Wildman–Crippen LogP) is -0.471. The molecule has 10 heteroatoms. The second kappa shape index (κ2) is 5.94. The Morgan fingerprint density at radius 1 is 1.35 bits per heavy atom. The molecule has 0 aliphatic carbocycles. The molecule has 1 aromatic rings. The Balaban J connectivity index is 2.96. The molecular weight excluding hydrogens is 308 g/mol. The third-order valence-electron chi connectivity index (χ3n) is 2.51. The summed E-state index contributed by atoms with van der Waals surface area (Å²) in [5.41, 5.74) is -0.143. The number of aryl methyl sites for hydroxylation is 1. The lowest BCUT2D eigenvalue weighted by Gasteiger charge is -2.03. The number of aromatic nitrogens is 1. The van der Waals surface area contributed by atoms with Crippen molar-refractivity contribution in [1.82, 2.24) is 9.29 Å². The summed E-state index contributed by atoms with van der Waals surface area (Å²) >= 11 is 0. The van der Waals surface area contributed by atoms with E-state index >= 15 is 0 Å². The number of rotatable bonds is 7. The first-order valence-corrected chi connectivity index (χ1v) is 9.22. The number of carboxylic acid groups (broad SMARTS) is 1. The molecule has 0 aliphatic heterocycles. The molecule has 0 aliphatic rings. The van der Waals surface area contributed by atoms with E-state index in [1.54, 1.807) is 6.92 Å². The van der Waals surface area contributed by atoms with Crippen molar-refractivity contribution in [1.29, 1.82) is 0 Å². The molecule has 0 spiro atoms. The third kappa shape index (κ3) is 4.32. The third-order valence-corrected chi connectivity index (χ3v) is 4.88. The summed E-state index contributed by atoms with van der Waals surface area (Å²) in [5, 5.41) is 8.94. The average Bonchev–Trinajstić information content (AvgIpc) is 2.71. The fraction of sp³-hybridized carbons (Fsp3) is 0.500. The summed E-state index contributed by atoms with van der Waals surface area (Å²) in [5.74, 6) is -1.56. The van der Waals surface area contributed by atoms with E-state index in [4.69, 9.17) is 5.11 Å². The van der Waals surface area contributed by atoms with Crippen LogP contribution in [0.3, 0.4) is 0 Å². The molecule has 0 saturated heterocycles. The summed E-state index contributed by atoms with van der Waals surface area (Å²) in [6, 6.07) is 1.04. The van der Waals surface area contributed by atoms with E-state index < -0.39 is 25.8 Å². The van der Waals surface area contributed by atoms with Gasteiger partial charge in [0.2, 0.25) is 10.0 Å². The lowest BCUT2D eigenvalue weighted by Crippen LogP contribution is -2.28. The van der Waals surface area contributed by atoms with Crippen molar-refractivity contribution in [3.05, 3.63) is 18.0 Å². The molecule has 114 valence electrons. The monoisotopic (exact) mass is 324 g/mol. The smallest absolute Gasteiger partial charge is 0.352 e. The highest BCUT2D eigenvalue weighted by Gasteiger charge is 2.21. The summed E-state index contributed by atoms with van der Waals surface area (Å²) in [6.07, 6.45) is 2.20. The van der Waals surface area contributed by atoms with E-state index in [9.17, 15) is 21.6 Å². The zero-order valence-electron chi connectivity index (χ0n) is 11.0. The normalized spacial score (nSPS) is 12.5. The number of sulfone groups is 1. The van der Waals surface area contributed by atoms with Crippen LogP contribution in [0.25, 0.3) is 0 Å². The minimum Gasteiger partial charge on any atom is -0.477 e. The van der Waals surface area contributed by atoms with Crippen molar-refractivity contribution in [2.75, 3.05) is 18.6 Å². The van der Waals surface area contributed by atoms with Crippen molar-refractivity contribution in [3.8, 4) is 0 Å². The zero-order valence-corrected chi connectivity index (χ0v) is 12.7. The zero-order chi connectivity index (χ0) is 15.6. The highest BCUT2D eigenvalue weighted by atomic mass is 32.2. The highest BCUT2D eigenvalue weighted by Crippen LogP contribution is 2.14. The molecule has 8 nitrogen and oxygen atoms in total. The van der Waals surface area contributed by atoms with Gasteiger partial charge in [0.15, 0.2) is 0 Å². The molecule has 1 aromatic heterocycles. The highest BCUT2D eigenvalue weighted by molar-refractivity contribution is 7.91. The molecule has 0 atom stereocenters. The van der Waals surface area contributed by atoms with E-state index in [-0.39, 0.29) is 22.9 Å². The lowest BCUT2D eigenvalue weighted by atomic mass is 10.4. The molecule has 0 aromatic carbocycles. The van der Waals surface area contributed by atoms with E-state index in [2.05, 4.69) is 4.72 Å². The van der Waals surface area contributed by atoms with Crippen LogP contribution < -0.4 is 4.72 Å². The van der Waals surface area contributed by atoms with Crippen molar-refractivity contribution in [2.24, 2.45) is 0 Å². The van der Waals surface area contributed by atoms with Gasteiger partial charge in [0.05, 0.1) is 5.75 Å². The van der Waals surface area contributed by atoms with Crippen LogP contribution >= 0.6 is 0 Å². The van der Waals surface area contributed by atoms with Crippen molar-refractivity contribution < 1.29 is 26.7 Å². The van der Waals surface area contributed by atoms with E-state index in [1.165, 1.54) is 10.8 Å². The minimum atomic E-state index is -3.93. The Kier molecular flexibility index (Phi) is 4.95. The van der Waals surface area contributed by atoms with Gasteiger partial charge in [-0.05, 0) is 13.0 Å². The van der Waals surface area contributed by atoms with Gasteiger partial charge in [0, 0.05) is 25.5 Å². The number of nitrogens with zero attached hydrogens (tertiary/aromatic N) is 1. The van der Waals surface area contributed by atoms with Crippen LogP contribution in [-0.2, 0) is 26.4 Å². The second-order valence-electron chi connectivity index (χ2n) is 4.18. The van der Waals surface area contributed by atoms with Gasteiger partial charge in [-0.15, -0.1) is 0 Å². The number of carboxylic acids is 1. The number of sulfonamides is 1. The molecule has 2 N–H and O–H groups in total. The Morgan fingerprint density at radius 3 is 2.35 bits per heavy atom. The molecule has 20 heavy (non-hydrogen) atoms. The molecule has 0 unspecified atom stereocenters. The Hall–Kier alpha value is -1.39. The van der Waals surface area contributed by atoms with Gasteiger partial charge in [-0.3, -0.25) is 0 Å². The van der Waals surface area contributed by atoms with Crippen molar-refractivity contribution in [3.63, 3.8) is 0 Å². The van der Waals surface area contributed by atoms with E-state index in [0.717, 1.165) is 12.3 Å². The van der Waals surface area contributed by atoms with Crippen LogP contribution in [-0.4, -0.2) is 51.0 Å². The first-order chi connectivity index (χ1) is 9.07. The quantitative estimate of drug-likeness (QED) is 0.699. The van der Waals surface area contributed by atoms with Crippen molar-refractivity contribution in [2.45, 2.75) is 18.4 Å². The maximum Gasteiger partial charge on any atom is 0.352 e. The number of nitrogens with one attached hydrogen (secondary N) is 1. The standard InChI is InChI=1S/C10H16N2O6S2/c1-3-12-7-8(6-9(12)10(13)14)20(17,18)11-4-5-19(2,15)16/h6-7,11H,3-5H2,1-2H3,(H,13,14). The molecule has 0 fully saturated rings. The average molecular weight is 324 g/mol. The molecule has 0 bridgehead atoms. The molecule has 1 rings (SSSR count). The number of hydrogen-bond donors (Lipinski definition) is 2. The van der Waals surface area contributed by atoms with Gasteiger partial charge in [0.1, 0.15) is 20.4 Å². The van der Waals surface area contributed by atoms with Crippen LogP contribution in [0.4, 0.5) is 0 Å². The Bertz CT molecular complexity index is 702. The van der Waals surface area contributed by atoms with Gasteiger partial charge in [-0.1, -0.05) is 0 Å². The van der Waals surface area contributed by atoms with Crippen LogP contribution in [0.15, 0.2) is 17.2 Å². The Labute approximate surface area is 117 Å². The molecule has 0 saturated carbocycles. The summed E-state index contributed by atoms with van der Waals surface area (Å²) in [6.45, 7) is 1.72. The maximum atomic E-state index is 11.9. The topological polar surface area (TPSA) is 123 Å². The number of aromatic carboxylic acids is 1. The van der Waals surface area contributed by atoms with E-state index in [1.807, 2.05) is 0 Å². The SMILES string of the molecule is CCn1cc(S(=O)(=O)NCCS(C)(=O)=O)cc1C(=O)O. The van der Waals surface area contributed by atoms with Gasteiger partial charge in [-0.25, -0.2) is 26.4 Å². The molecule has 1 heterocycles. The van der Waals surface area contributed by atoms with Gasteiger partial charge in [0.25, 0.3) is 0 Å². The van der Waals surface area contributed by atoms with Crippen LogP contribution in [0.2, 0.25) is 0 Å². The number of hydrogen-bond acceptors (Lipinski definition) is 5. The lowest BCUT2D eigenvalue weighted by molar-refractivity contribution is 0.0685. The first-order valence-electron chi connectivity index (χ1n) is 5.67. The maximum absolute atomic E-state index is 11.9. The van der Waals surface area contributed by atoms with Crippen molar-refractivity contribution >= 4 is 25.8 Å². The Morgan fingerprint density at radius 2 is 1.95 bits per heavy atom. The summed E-state index contributed by atoms with van der Waals surface area (Å²) in [4.78, 5) is 10.7.